The smallest absolute Gasteiger partial charge is 0.335 e. The van der Waals surface area contributed by atoms with Crippen molar-refractivity contribution in [2.45, 2.75) is 102 Å². The largest absolute Gasteiger partial charge is 0.506 e. The first-order chi connectivity index (χ1) is 19.9. The number of carboxylic acid groups (broad SMARTS) is 1. The van der Waals surface area contributed by atoms with E-state index in [0.717, 1.165) is 32.1 Å². The monoisotopic (exact) mass is 580 g/mol. The molecule has 2 bridgehead atoms. The molecule has 5 aliphatic rings. The van der Waals surface area contributed by atoms with Crippen molar-refractivity contribution in [1.82, 2.24) is 0 Å². The molecule has 42 heavy (non-hydrogen) atoms. The molecule has 3 heterocycles. The fourth-order valence-corrected chi connectivity index (χ4v) is 7.98. The topological polar surface area (TPSA) is 163 Å². The molecule has 10 heteroatoms. The van der Waals surface area contributed by atoms with Crippen molar-refractivity contribution in [3.63, 3.8) is 0 Å². The Bertz CT molecular complexity index is 1500. The van der Waals surface area contributed by atoms with Crippen LogP contribution in [0.2, 0.25) is 0 Å². The van der Waals surface area contributed by atoms with Crippen LogP contribution in [0.25, 0.3) is 10.8 Å². The van der Waals surface area contributed by atoms with Gasteiger partial charge < -0.3 is 39.7 Å². The number of aliphatic hydroxyl groups is 3. The molecule has 2 aliphatic carbocycles. The van der Waals surface area contributed by atoms with Crippen LogP contribution in [0, 0.1) is 30.3 Å². The molecule has 2 saturated carbocycles. The standard InChI is InChI=1S/C32H36O10/c1-16-12-18-13-19(29(37)38)14-21(23(18)24(34)22(16)17(2)33)41-30-26(36)25(35)27-28(42-30)32(39)10-7-20(6-5-11-40-27)31(15-32)8-3-4-9-31/h12-14,20,25-28,30,34-36,39H,3-4,6-10,15H2,1-2H3,(H,37,38). The first kappa shape index (κ1) is 28.7. The van der Waals surface area contributed by atoms with E-state index < -0.39 is 53.8 Å². The van der Waals surface area contributed by atoms with Gasteiger partial charge in [-0.05, 0) is 80.4 Å². The van der Waals surface area contributed by atoms with Gasteiger partial charge in [0.05, 0.1) is 22.1 Å². The maximum atomic E-state index is 12.3. The maximum Gasteiger partial charge on any atom is 0.335 e. The van der Waals surface area contributed by atoms with Gasteiger partial charge in [0.2, 0.25) is 6.29 Å². The van der Waals surface area contributed by atoms with E-state index in [0.29, 0.717) is 36.1 Å². The molecule has 224 valence electrons. The van der Waals surface area contributed by atoms with E-state index in [4.69, 9.17) is 14.2 Å². The van der Waals surface area contributed by atoms with Gasteiger partial charge in [-0.2, -0.15) is 0 Å². The highest BCUT2D eigenvalue weighted by atomic mass is 16.7. The minimum Gasteiger partial charge on any atom is -0.506 e. The summed E-state index contributed by atoms with van der Waals surface area (Å²) in [5.74, 6) is 1.18. The average molecular weight is 581 g/mol. The molecule has 0 radical (unpaired) electrons. The van der Waals surface area contributed by atoms with Gasteiger partial charge in [-0.25, -0.2) is 4.79 Å². The minimum absolute atomic E-state index is 0.0490. The Morgan fingerprint density at radius 1 is 1.10 bits per heavy atom. The molecule has 3 fully saturated rings. The van der Waals surface area contributed by atoms with E-state index in [1.807, 2.05) is 0 Å². The van der Waals surface area contributed by atoms with E-state index in [2.05, 4.69) is 12.0 Å². The third kappa shape index (κ3) is 4.60. The highest BCUT2D eigenvalue weighted by Gasteiger charge is 2.60. The number of carbonyl (C=O) groups is 2. The van der Waals surface area contributed by atoms with Crippen LogP contribution in [0.5, 0.6) is 11.5 Å². The van der Waals surface area contributed by atoms with Crippen molar-refractivity contribution in [2.24, 2.45) is 11.3 Å². The Labute approximate surface area is 243 Å². The number of phenolic OH excluding ortho intramolecular Hbond substituents is 1. The van der Waals surface area contributed by atoms with Crippen LogP contribution in [0.1, 0.15) is 84.6 Å². The lowest BCUT2D eigenvalue weighted by Crippen LogP contribution is -2.67. The fraction of sp³-hybridized carbons (Fsp3) is 0.562. The normalized spacial score (nSPS) is 33.4. The number of ketones is 1. The van der Waals surface area contributed by atoms with Crippen molar-refractivity contribution < 1.29 is 49.3 Å². The molecular weight excluding hydrogens is 544 g/mol. The second kappa shape index (κ2) is 10.4. The molecular formula is C32H36O10. The molecule has 7 atom stereocenters. The van der Waals surface area contributed by atoms with Gasteiger partial charge in [-0.1, -0.05) is 24.8 Å². The van der Waals surface area contributed by atoms with Gasteiger partial charge >= 0.3 is 5.97 Å². The SMILES string of the molecule is CC(=O)c1c(C)cc2cc(C(=O)O)cc(OC3OC4C(OC#CCC5CCC4(O)CC54CCCC4)C(O)C3O)c2c1O. The zero-order valence-corrected chi connectivity index (χ0v) is 23.6. The van der Waals surface area contributed by atoms with Gasteiger partial charge in [0, 0.05) is 6.42 Å². The summed E-state index contributed by atoms with van der Waals surface area (Å²) >= 11 is 0. The lowest BCUT2D eigenvalue weighted by atomic mass is 9.57. The number of carbonyl (C=O) groups excluding carboxylic acids is 1. The van der Waals surface area contributed by atoms with Crippen molar-refractivity contribution in [2.75, 3.05) is 0 Å². The Hall–Kier alpha value is -3.36. The Morgan fingerprint density at radius 2 is 1.83 bits per heavy atom. The molecule has 0 amide bonds. The number of Topliss-reactive ketones (excluding diaryl/α,β-unsaturated/α-hetero) is 1. The van der Waals surface area contributed by atoms with Crippen LogP contribution in [0.15, 0.2) is 18.2 Å². The van der Waals surface area contributed by atoms with Crippen LogP contribution in [0.3, 0.4) is 0 Å². The van der Waals surface area contributed by atoms with Crippen LogP contribution in [-0.4, -0.2) is 73.6 Å². The number of benzene rings is 2. The number of aromatic hydroxyl groups is 1. The Kier molecular flexibility index (Phi) is 7.13. The lowest BCUT2D eigenvalue weighted by Gasteiger charge is -2.54. The molecule has 1 spiro atoms. The quantitative estimate of drug-likeness (QED) is 0.267. The van der Waals surface area contributed by atoms with Gasteiger partial charge in [0.25, 0.3) is 0 Å². The number of aryl methyl sites for hydroxylation is 1. The van der Waals surface area contributed by atoms with Gasteiger partial charge in [0.1, 0.15) is 35.9 Å². The summed E-state index contributed by atoms with van der Waals surface area (Å²) < 4.78 is 18.0. The summed E-state index contributed by atoms with van der Waals surface area (Å²) in [4.78, 5) is 24.3. The third-order valence-corrected chi connectivity index (χ3v) is 9.95. The number of ether oxygens (including phenoxy) is 3. The highest BCUT2D eigenvalue weighted by Crippen LogP contribution is 2.58. The Balaban J connectivity index is 1.42. The zero-order chi connectivity index (χ0) is 30.0. The molecule has 10 nitrogen and oxygen atoms in total. The maximum absolute atomic E-state index is 12.3. The van der Waals surface area contributed by atoms with E-state index in [1.54, 1.807) is 13.0 Å². The predicted molar refractivity (Wildman–Crippen MR) is 149 cm³/mol. The van der Waals surface area contributed by atoms with E-state index in [-0.39, 0.29) is 27.7 Å². The number of carboxylic acids is 1. The second-order valence-corrected chi connectivity index (χ2v) is 12.5. The van der Waals surface area contributed by atoms with E-state index in [1.165, 1.54) is 19.1 Å². The molecule has 0 aromatic heterocycles. The highest BCUT2D eigenvalue weighted by molar-refractivity contribution is 6.08. The van der Waals surface area contributed by atoms with Crippen LogP contribution in [0.4, 0.5) is 0 Å². The number of phenols is 1. The molecule has 2 aromatic carbocycles. The molecule has 2 aromatic rings. The van der Waals surface area contributed by atoms with E-state index >= 15 is 0 Å². The van der Waals surface area contributed by atoms with Crippen molar-refractivity contribution >= 4 is 22.5 Å². The first-order valence-corrected chi connectivity index (χ1v) is 14.5. The third-order valence-electron chi connectivity index (χ3n) is 9.95. The minimum atomic E-state index is -1.68. The molecule has 3 aliphatic heterocycles. The Morgan fingerprint density at radius 3 is 2.52 bits per heavy atom. The van der Waals surface area contributed by atoms with Crippen molar-refractivity contribution in [3.05, 3.63) is 34.9 Å². The summed E-state index contributed by atoms with van der Waals surface area (Å²) in [6.45, 7) is 2.93. The number of hydrogen-bond acceptors (Lipinski definition) is 9. The van der Waals surface area contributed by atoms with Crippen LogP contribution >= 0.6 is 0 Å². The second-order valence-electron chi connectivity index (χ2n) is 12.5. The summed E-state index contributed by atoms with van der Waals surface area (Å²) in [7, 11) is 0. The molecule has 7 rings (SSSR count). The zero-order valence-electron chi connectivity index (χ0n) is 23.6. The van der Waals surface area contributed by atoms with Gasteiger partial charge in [0.15, 0.2) is 11.9 Å². The number of hydrogen-bond donors (Lipinski definition) is 5. The van der Waals surface area contributed by atoms with Crippen LogP contribution in [-0.2, 0) is 9.47 Å². The predicted octanol–water partition coefficient (Wildman–Crippen LogP) is 3.42. The summed E-state index contributed by atoms with van der Waals surface area (Å²) in [5.41, 5.74) is -1.17. The van der Waals surface area contributed by atoms with E-state index in [9.17, 15) is 35.1 Å². The summed E-state index contributed by atoms with van der Waals surface area (Å²) in [6, 6.07) is 4.09. The lowest BCUT2D eigenvalue weighted by molar-refractivity contribution is -0.313. The first-order valence-electron chi connectivity index (χ1n) is 14.5. The van der Waals surface area contributed by atoms with Crippen molar-refractivity contribution in [3.8, 4) is 23.5 Å². The number of aliphatic hydroxyl groups excluding tert-OH is 2. The van der Waals surface area contributed by atoms with Crippen molar-refractivity contribution in [1.29, 1.82) is 0 Å². The number of aromatic carboxylic acids is 1. The summed E-state index contributed by atoms with van der Waals surface area (Å²) in [5, 5.41) is 55.8. The summed E-state index contributed by atoms with van der Waals surface area (Å²) in [6.07, 6.45) is 1.81. The number of fused-ring (bicyclic) bond motifs is 4. The fourth-order valence-electron chi connectivity index (χ4n) is 7.98. The molecule has 5 N–H and O–H groups in total. The van der Waals surface area contributed by atoms with Gasteiger partial charge in [-0.3, -0.25) is 4.79 Å². The average Bonchev–Trinajstić information content (AvgIpc) is 3.38. The van der Waals surface area contributed by atoms with Gasteiger partial charge in [-0.15, -0.1) is 0 Å². The van der Waals surface area contributed by atoms with Crippen LogP contribution < -0.4 is 4.74 Å². The number of rotatable bonds is 4. The molecule has 1 saturated heterocycles. The molecule has 7 unspecified atom stereocenters.